The van der Waals surface area contributed by atoms with Gasteiger partial charge in [0.25, 0.3) is 5.91 Å². The zero-order valence-corrected chi connectivity index (χ0v) is 13.0. The van der Waals surface area contributed by atoms with E-state index in [1.807, 2.05) is 13.8 Å². The van der Waals surface area contributed by atoms with Crippen LogP contribution in [0.1, 0.15) is 66.7 Å². The molecule has 1 aliphatic rings. The summed E-state index contributed by atoms with van der Waals surface area (Å²) in [6.45, 7) is 6.45. The van der Waals surface area contributed by atoms with Crippen LogP contribution in [0.3, 0.4) is 0 Å². The van der Waals surface area contributed by atoms with Crippen molar-refractivity contribution < 1.29 is 9.32 Å². The molecule has 1 fully saturated rings. The van der Waals surface area contributed by atoms with Crippen LogP contribution in [0.2, 0.25) is 0 Å². The third-order valence-electron chi connectivity index (χ3n) is 3.76. The van der Waals surface area contributed by atoms with Gasteiger partial charge in [-0.2, -0.15) is 4.98 Å². The van der Waals surface area contributed by atoms with Gasteiger partial charge in [0.05, 0.1) is 6.04 Å². The molecule has 1 saturated heterocycles. The van der Waals surface area contributed by atoms with Gasteiger partial charge in [-0.15, -0.1) is 0 Å². The highest BCUT2D eigenvalue weighted by molar-refractivity contribution is 5.92. The van der Waals surface area contributed by atoms with Crippen molar-refractivity contribution in [2.75, 3.05) is 6.54 Å². The fourth-order valence-corrected chi connectivity index (χ4v) is 2.62. The maximum Gasteiger partial charge on any atom is 0.273 e. The van der Waals surface area contributed by atoms with Crippen molar-refractivity contribution in [3.63, 3.8) is 0 Å². The van der Waals surface area contributed by atoms with Gasteiger partial charge in [-0.05, 0) is 25.8 Å². The molecule has 0 saturated carbocycles. The average Bonchev–Trinajstić information content (AvgIpc) is 3.15. The lowest BCUT2D eigenvalue weighted by atomic mass is 10.2. The van der Waals surface area contributed by atoms with Crippen molar-refractivity contribution in [2.24, 2.45) is 0 Å². The molecule has 0 spiro atoms. The maximum absolute atomic E-state index is 12.7. The Morgan fingerprint density at radius 2 is 2.23 bits per heavy atom. The highest BCUT2D eigenvalue weighted by atomic mass is 16.5. The molecule has 7 heteroatoms. The van der Waals surface area contributed by atoms with Crippen molar-refractivity contribution in [1.82, 2.24) is 25.0 Å². The molecule has 3 rings (SSSR count). The molecule has 2 aromatic rings. The minimum absolute atomic E-state index is 0.108. The quantitative estimate of drug-likeness (QED) is 0.864. The molecular weight excluding hydrogens is 282 g/mol. The highest BCUT2D eigenvalue weighted by Gasteiger charge is 2.34. The molecular formula is C15H19N5O2. The van der Waals surface area contributed by atoms with Crippen LogP contribution >= 0.6 is 0 Å². The second kappa shape index (κ2) is 5.82. The lowest BCUT2D eigenvalue weighted by Gasteiger charge is -2.21. The summed E-state index contributed by atoms with van der Waals surface area (Å²) in [7, 11) is 0. The van der Waals surface area contributed by atoms with Gasteiger partial charge in [-0.3, -0.25) is 4.79 Å². The smallest absolute Gasteiger partial charge is 0.273 e. The minimum Gasteiger partial charge on any atom is -0.339 e. The number of carbonyl (C=O) groups excluding carboxylic acids is 1. The predicted molar refractivity (Wildman–Crippen MR) is 78.2 cm³/mol. The van der Waals surface area contributed by atoms with E-state index in [4.69, 9.17) is 4.52 Å². The van der Waals surface area contributed by atoms with Crippen LogP contribution in [0.5, 0.6) is 0 Å². The fraction of sp³-hybridized carbons (Fsp3) is 0.533. The Morgan fingerprint density at radius 1 is 1.41 bits per heavy atom. The topological polar surface area (TPSA) is 85.0 Å². The normalized spacial score (nSPS) is 18.2. The summed E-state index contributed by atoms with van der Waals surface area (Å²) in [5.41, 5.74) is 0.409. The summed E-state index contributed by atoms with van der Waals surface area (Å²) in [5.74, 6) is 1.84. The molecule has 1 amide bonds. The highest BCUT2D eigenvalue weighted by Crippen LogP contribution is 2.31. The molecule has 0 bridgehead atoms. The van der Waals surface area contributed by atoms with E-state index >= 15 is 0 Å². The molecule has 116 valence electrons. The number of amides is 1. The first kappa shape index (κ1) is 14.6. The molecule has 0 radical (unpaired) electrons. The van der Waals surface area contributed by atoms with Crippen LogP contribution in [-0.2, 0) is 0 Å². The number of hydrogen-bond acceptors (Lipinski definition) is 6. The lowest BCUT2D eigenvalue weighted by Crippen LogP contribution is -2.32. The fourth-order valence-electron chi connectivity index (χ4n) is 2.62. The van der Waals surface area contributed by atoms with E-state index in [2.05, 4.69) is 20.1 Å². The summed E-state index contributed by atoms with van der Waals surface area (Å²) in [4.78, 5) is 27.1. The van der Waals surface area contributed by atoms with Gasteiger partial charge in [0, 0.05) is 18.7 Å². The molecule has 1 atom stereocenters. The lowest BCUT2D eigenvalue weighted by molar-refractivity contribution is 0.0722. The molecule has 0 aliphatic carbocycles. The van der Waals surface area contributed by atoms with Gasteiger partial charge in [0.15, 0.2) is 5.82 Å². The van der Waals surface area contributed by atoms with E-state index in [1.54, 1.807) is 24.1 Å². The molecule has 2 aromatic heterocycles. The van der Waals surface area contributed by atoms with Crippen LogP contribution < -0.4 is 0 Å². The van der Waals surface area contributed by atoms with Gasteiger partial charge in [0.1, 0.15) is 11.5 Å². The van der Waals surface area contributed by atoms with Crippen LogP contribution in [0.15, 0.2) is 16.8 Å². The summed E-state index contributed by atoms with van der Waals surface area (Å²) < 4.78 is 5.27. The first-order chi connectivity index (χ1) is 10.6. The van der Waals surface area contributed by atoms with Gasteiger partial charge in [-0.25, -0.2) is 9.97 Å². The van der Waals surface area contributed by atoms with Crippen molar-refractivity contribution in [2.45, 2.75) is 45.6 Å². The number of aryl methyl sites for hydroxylation is 1. The Kier molecular flexibility index (Phi) is 3.87. The Morgan fingerprint density at radius 3 is 2.91 bits per heavy atom. The van der Waals surface area contributed by atoms with E-state index in [9.17, 15) is 4.79 Å². The number of likely N-dealkylation sites (tertiary alicyclic amines) is 1. The van der Waals surface area contributed by atoms with E-state index in [0.29, 0.717) is 29.8 Å². The minimum atomic E-state index is -0.140. The van der Waals surface area contributed by atoms with Gasteiger partial charge in [0.2, 0.25) is 5.89 Å². The summed E-state index contributed by atoms with van der Waals surface area (Å²) >= 11 is 0. The summed E-state index contributed by atoms with van der Waals surface area (Å²) in [5, 5.41) is 4.05. The standard InChI is InChI=1S/C15H19N5O2/c1-9(2)14-18-13(19-22-14)12-5-4-8-20(12)15(21)11-6-7-16-10(3)17-11/h6-7,9,12H,4-5,8H2,1-3H3. The monoisotopic (exact) mass is 301 g/mol. The third kappa shape index (κ3) is 2.70. The van der Waals surface area contributed by atoms with Crippen molar-refractivity contribution in [3.05, 3.63) is 35.5 Å². The zero-order chi connectivity index (χ0) is 15.7. The molecule has 0 N–H and O–H groups in total. The van der Waals surface area contributed by atoms with E-state index in [-0.39, 0.29) is 17.9 Å². The van der Waals surface area contributed by atoms with Crippen LogP contribution in [-0.4, -0.2) is 37.5 Å². The number of carbonyl (C=O) groups is 1. The first-order valence-corrected chi connectivity index (χ1v) is 7.50. The van der Waals surface area contributed by atoms with Crippen LogP contribution in [0.25, 0.3) is 0 Å². The first-order valence-electron chi connectivity index (χ1n) is 7.50. The van der Waals surface area contributed by atoms with Crippen molar-refractivity contribution in [3.8, 4) is 0 Å². The molecule has 1 unspecified atom stereocenters. The number of nitrogens with zero attached hydrogens (tertiary/aromatic N) is 5. The second-order valence-electron chi connectivity index (χ2n) is 5.79. The molecule has 3 heterocycles. The Balaban J connectivity index is 1.84. The average molecular weight is 301 g/mol. The molecule has 1 aliphatic heterocycles. The number of aromatic nitrogens is 4. The SMILES string of the molecule is Cc1nccc(C(=O)N2CCCC2c2noc(C(C)C)n2)n1. The third-order valence-corrected chi connectivity index (χ3v) is 3.76. The van der Waals surface area contributed by atoms with Crippen LogP contribution in [0.4, 0.5) is 0 Å². The Bertz CT molecular complexity index is 682. The van der Waals surface area contributed by atoms with Gasteiger partial charge >= 0.3 is 0 Å². The van der Waals surface area contributed by atoms with Crippen molar-refractivity contribution >= 4 is 5.91 Å². The van der Waals surface area contributed by atoms with E-state index in [1.165, 1.54) is 0 Å². The number of rotatable bonds is 3. The number of hydrogen-bond donors (Lipinski definition) is 0. The summed E-state index contributed by atoms with van der Waals surface area (Å²) in [6.07, 6.45) is 3.37. The van der Waals surface area contributed by atoms with Gasteiger partial charge in [-0.1, -0.05) is 19.0 Å². The predicted octanol–water partition coefficient (Wildman–Crippen LogP) is 2.27. The molecule has 7 nitrogen and oxygen atoms in total. The zero-order valence-electron chi connectivity index (χ0n) is 13.0. The summed E-state index contributed by atoms with van der Waals surface area (Å²) in [6, 6.07) is 1.50. The Labute approximate surface area is 128 Å². The van der Waals surface area contributed by atoms with Gasteiger partial charge < -0.3 is 9.42 Å². The largest absolute Gasteiger partial charge is 0.339 e. The molecule has 22 heavy (non-hydrogen) atoms. The maximum atomic E-state index is 12.7. The van der Waals surface area contributed by atoms with E-state index in [0.717, 1.165) is 12.8 Å². The van der Waals surface area contributed by atoms with Crippen LogP contribution in [0, 0.1) is 6.92 Å². The Hall–Kier alpha value is -2.31. The molecule has 0 aromatic carbocycles. The van der Waals surface area contributed by atoms with E-state index < -0.39 is 0 Å². The van der Waals surface area contributed by atoms with Crippen molar-refractivity contribution in [1.29, 1.82) is 0 Å². The second-order valence-corrected chi connectivity index (χ2v) is 5.79.